The number of carbonyl (C=O) groups is 1. The Labute approximate surface area is 141 Å². The van der Waals surface area contributed by atoms with Gasteiger partial charge in [-0.2, -0.15) is 4.31 Å². The third-order valence-corrected chi connectivity index (χ3v) is 6.65. The number of amides is 1. The SMILES string of the molecule is CC(C)N1CCC(N(Cc2nccs2)S(=O)(=O)CC(N)=O)CC1. The molecule has 1 fully saturated rings. The summed E-state index contributed by atoms with van der Waals surface area (Å²) >= 11 is 1.41. The van der Waals surface area contributed by atoms with Crippen LogP contribution in [0.4, 0.5) is 0 Å². The molecule has 0 atom stereocenters. The molecule has 0 spiro atoms. The number of carbonyl (C=O) groups excluding carboxylic acids is 1. The van der Waals surface area contributed by atoms with E-state index in [9.17, 15) is 13.2 Å². The van der Waals surface area contributed by atoms with Crippen molar-refractivity contribution >= 4 is 27.3 Å². The van der Waals surface area contributed by atoms with E-state index in [1.54, 1.807) is 6.20 Å². The molecular weight excluding hydrogens is 336 g/mol. The van der Waals surface area contributed by atoms with E-state index in [1.807, 2.05) is 5.38 Å². The van der Waals surface area contributed by atoms with Crippen LogP contribution in [-0.2, 0) is 21.4 Å². The molecule has 0 aromatic carbocycles. The summed E-state index contributed by atoms with van der Waals surface area (Å²) in [6, 6.07) is 0.337. The molecule has 9 heteroatoms. The van der Waals surface area contributed by atoms with Crippen LogP contribution < -0.4 is 5.73 Å². The van der Waals surface area contributed by atoms with Gasteiger partial charge in [0.05, 0.1) is 6.54 Å². The smallest absolute Gasteiger partial charge is 0.234 e. The quantitative estimate of drug-likeness (QED) is 0.769. The van der Waals surface area contributed by atoms with E-state index in [4.69, 9.17) is 5.73 Å². The van der Waals surface area contributed by atoms with Crippen molar-refractivity contribution in [2.45, 2.75) is 45.3 Å². The van der Waals surface area contributed by atoms with Crippen LogP contribution in [0.5, 0.6) is 0 Å². The van der Waals surface area contributed by atoms with Crippen molar-refractivity contribution in [3.05, 3.63) is 16.6 Å². The molecule has 0 aliphatic carbocycles. The lowest BCUT2D eigenvalue weighted by Gasteiger charge is -2.39. The van der Waals surface area contributed by atoms with Crippen LogP contribution in [0.25, 0.3) is 0 Å². The molecule has 7 nitrogen and oxygen atoms in total. The van der Waals surface area contributed by atoms with Gasteiger partial charge in [0.1, 0.15) is 10.8 Å². The summed E-state index contributed by atoms with van der Waals surface area (Å²) in [6.07, 6.45) is 3.16. The van der Waals surface area contributed by atoms with E-state index < -0.39 is 21.7 Å². The van der Waals surface area contributed by atoms with E-state index in [-0.39, 0.29) is 12.6 Å². The summed E-state index contributed by atoms with van der Waals surface area (Å²) in [6.45, 7) is 6.18. The predicted octanol–water partition coefficient (Wildman–Crippen LogP) is 0.633. The Kier molecular flexibility index (Phi) is 6.12. The number of nitrogens with zero attached hydrogens (tertiary/aromatic N) is 3. The average Bonchev–Trinajstić information content (AvgIpc) is 2.96. The zero-order valence-electron chi connectivity index (χ0n) is 13.5. The molecule has 0 unspecified atom stereocenters. The molecule has 1 aliphatic heterocycles. The van der Waals surface area contributed by atoms with Crippen molar-refractivity contribution in [3.63, 3.8) is 0 Å². The maximum Gasteiger partial charge on any atom is 0.234 e. The van der Waals surface area contributed by atoms with Crippen molar-refractivity contribution in [3.8, 4) is 0 Å². The lowest BCUT2D eigenvalue weighted by molar-refractivity contribution is -0.115. The molecule has 2 N–H and O–H groups in total. The summed E-state index contributed by atoms with van der Waals surface area (Å²) in [7, 11) is -3.73. The normalized spacial score (nSPS) is 17.9. The Morgan fingerprint density at radius 1 is 1.48 bits per heavy atom. The number of rotatable bonds is 7. The van der Waals surface area contributed by atoms with Gasteiger partial charge >= 0.3 is 0 Å². The first-order chi connectivity index (χ1) is 10.8. The summed E-state index contributed by atoms with van der Waals surface area (Å²) in [5.41, 5.74) is 5.12. The summed E-state index contributed by atoms with van der Waals surface area (Å²) in [5.74, 6) is -1.48. The molecule has 23 heavy (non-hydrogen) atoms. The molecule has 2 rings (SSSR count). The van der Waals surface area contributed by atoms with Gasteiger partial charge in [-0.1, -0.05) is 0 Å². The molecule has 1 aromatic heterocycles. The van der Waals surface area contributed by atoms with Crippen LogP contribution in [-0.4, -0.2) is 59.4 Å². The summed E-state index contributed by atoms with van der Waals surface area (Å²) in [4.78, 5) is 17.6. The van der Waals surface area contributed by atoms with Gasteiger partial charge in [-0.25, -0.2) is 13.4 Å². The Morgan fingerprint density at radius 3 is 2.61 bits per heavy atom. The number of aromatic nitrogens is 1. The highest BCUT2D eigenvalue weighted by molar-refractivity contribution is 7.89. The second kappa shape index (κ2) is 7.69. The van der Waals surface area contributed by atoms with Gasteiger partial charge in [-0.3, -0.25) is 4.79 Å². The van der Waals surface area contributed by atoms with Crippen molar-refractivity contribution < 1.29 is 13.2 Å². The predicted molar refractivity (Wildman–Crippen MR) is 90.4 cm³/mol. The first kappa shape index (κ1) is 18.3. The number of piperidine rings is 1. The Balaban J connectivity index is 2.15. The van der Waals surface area contributed by atoms with Crippen molar-refractivity contribution in [2.75, 3.05) is 18.8 Å². The monoisotopic (exact) mass is 360 g/mol. The zero-order chi connectivity index (χ0) is 17.0. The van der Waals surface area contributed by atoms with Gasteiger partial charge < -0.3 is 10.6 Å². The van der Waals surface area contributed by atoms with E-state index in [1.165, 1.54) is 15.6 Å². The molecule has 0 bridgehead atoms. The van der Waals surface area contributed by atoms with E-state index >= 15 is 0 Å². The molecule has 1 saturated heterocycles. The largest absolute Gasteiger partial charge is 0.369 e. The first-order valence-corrected chi connectivity index (χ1v) is 10.2. The number of hydrogen-bond donors (Lipinski definition) is 1. The van der Waals surface area contributed by atoms with Crippen LogP contribution in [0.2, 0.25) is 0 Å². The van der Waals surface area contributed by atoms with E-state index in [2.05, 4.69) is 23.7 Å². The molecule has 2 heterocycles. The van der Waals surface area contributed by atoms with Crippen molar-refractivity contribution in [1.82, 2.24) is 14.2 Å². The average molecular weight is 361 g/mol. The van der Waals surface area contributed by atoms with Gasteiger partial charge in [0.15, 0.2) is 0 Å². The van der Waals surface area contributed by atoms with E-state index in [0.29, 0.717) is 6.04 Å². The molecule has 1 aromatic rings. The van der Waals surface area contributed by atoms with Gasteiger partial charge in [0, 0.05) is 23.7 Å². The van der Waals surface area contributed by atoms with Gasteiger partial charge in [-0.05, 0) is 39.8 Å². The highest BCUT2D eigenvalue weighted by Crippen LogP contribution is 2.24. The number of sulfonamides is 1. The number of nitrogens with two attached hydrogens (primary N) is 1. The minimum Gasteiger partial charge on any atom is -0.369 e. The maximum atomic E-state index is 12.6. The minimum atomic E-state index is -3.73. The lowest BCUT2D eigenvalue weighted by Crippen LogP contribution is -2.50. The number of likely N-dealkylation sites (tertiary alicyclic amines) is 1. The second-order valence-corrected chi connectivity index (χ2v) is 8.96. The maximum absolute atomic E-state index is 12.6. The fraction of sp³-hybridized carbons (Fsp3) is 0.714. The van der Waals surface area contributed by atoms with Crippen LogP contribution in [0, 0.1) is 0 Å². The number of primary amides is 1. The van der Waals surface area contributed by atoms with Gasteiger partial charge in [0.2, 0.25) is 15.9 Å². The Morgan fingerprint density at radius 2 is 2.13 bits per heavy atom. The molecule has 0 saturated carbocycles. The van der Waals surface area contributed by atoms with Crippen LogP contribution >= 0.6 is 11.3 Å². The Hall–Kier alpha value is -1.03. The number of thiazole rings is 1. The van der Waals surface area contributed by atoms with Gasteiger partial charge in [-0.15, -0.1) is 11.3 Å². The topological polar surface area (TPSA) is 96.6 Å². The fourth-order valence-corrected chi connectivity index (χ4v) is 5.08. The van der Waals surface area contributed by atoms with E-state index in [0.717, 1.165) is 30.9 Å². The molecule has 1 aliphatic rings. The molecule has 130 valence electrons. The van der Waals surface area contributed by atoms with Crippen LogP contribution in [0.1, 0.15) is 31.7 Å². The Bertz CT molecular complexity index is 608. The standard InChI is InChI=1S/C14H24N4O3S2/c1-11(2)17-6-3-12(4-7-17)18(9-14-16-5-8-22-14)23(20,21)10-13(15)19/h5,8,11-12H,3-4,6-7,9-10H2,1-2H3,(H2,15,19). The third-order valence-electron chi connectivity index (χ3n) is 4.09. The third kappa shape index (κ3) is 4.97. The highest BCUT2D eigenvalue weighted by atomic mass is 32.2. The van der Waals surface area contributed by atoms with Crippen molar-refractivity contribution in [2.24, 2.45) is 5.73 Å². The van der Waals surface area contributed by atoms with Gasteiger partial charge in [0.25, 0.3) is 0 Å². The van der Waals surface area contributed by atoms with Crippen LogP contribution in [0.3, 0.4) is 0 Å². The molecular formula is C14H24N4O3S2. The fourth-order valence-electron chi connectivity index (χ4n) is 2.87. The van der Waals surface area contributed by atoms with Crippen LogP contribution in [0.15, 0.2) is 11.6 Å². The lowest BCUT2D eigenvalue weighted by atomic mass is 10.0. The zero-order valence-corrected chi connectivity index (χ0v) is 15.1. The van der Waals surface area contributed by atoms with Crippen molar-refractivity contribution in [1.29, 1.82) is 0 Å². The number of hydrogen-bond acceptors (Lipinski definition) is 6. The highest BCUT2D eigenvalue weighted by Gasteiger charge is 2.34. The second-order valence-electron chi connectivity index (χ2n) is 6.05. The minimum absolute atomic E-state index is 0.113. The molecule has 0 radical (unpaired) electrons. The first-order valence-electron chi connectivity index (χ1n) is 7.70. The summed E-state index contributed by atoms with van der Waals surface area (Å²) < 4.78 is 26.6. The molecule has 1 amide bonds. The summed E-state index contributed by atoms with van der Waals surface area (Å²) in [5, 5.41) is 2.54.